The van der Waals surface area contributed by atoms with Gasteiger partial charge in [-0.15, -0.1) is 0 Å². The molecule has 7 nitrogen and oxygen atoms in total. The van der Waals surface area contributed by atoms with Crippen LogP contribution in [0.4, 0.5) is 10.2 Å². The van der Waals surface area contributed by atoms with Crippen LogP contribution in [0.25, 0.3) is 22.2 Å². The van der Waals surface area contributed by atoms with Crippen LogP contribution in [-0.2, 0) is 4.74 Å². The summed E-state index contributed by atoms with van der Waals surface area (Å²) in [5, 5.41) is 0.893. The summed E-state index contributed by atoms with van der Waals surface area (Å²) in [5.41, 5.74) is 9.35. The summed E-state index contributed by atoms with van der Waals surface area (Å²) in [6, 6.07) is 9.97. The average Bonchev–Trinajstić information content (AvgIpc) is 3.27. The normalized spacial score (nSPS) is 15.5. The Kier molecular flexibility index (Phi) is 4.86. The number of nitrogens with one attached hydrogen (secondary N) is 1. The van der Waals surface area contributed by atoms with Crippen LogP contribution in [0.3, 0.4) is 0 Å². The Morgan fingerprint density at radius 2 is 2.00 bits per heavy atom. The summed E-state index contributed by atoms with van der Waals surface area (Å²) in [6.45, 7) is 2.71. The Balaban J connectivity index is 1.67. The number of fused-ring (bicyclic) bond motifs is 1. The smallest absolute Gasteiger partial charge is 0.152 e. The minimum absolute atomic E-state index is 0.329. The largest absolute Gasteiger partial charge is 0.378 e. The van der Waals surface area contributed by atoms with Crippen molar-refractivity contribution in [2.24, 2.45) is 5.73 Å². The van der Waals surface area contributed by atoms with Crippen molar-refractivity contribution in [1.29, 1.82) is 0 Å². The predicted octanol–water partition coefficient (Wildman–Crippen LogP) is 3.04. The Hall–Kier alpha value is -3.36. The maximum Gasteiger partial charge on any atom is 0.152 e. The van der Waals surface area contributed by atoms with E-state index in [4.69, 9.17) is 20.4 Å². The first kappa shape index (κ1) is 18.7. The number of H-pyrrole nitrogens is 1. The molecule has 0 amide bonds. The number of aromatic amines is 1. The molecule has 4 aromatic rings. The van der Waals surface area contributed by atoms with E-state index >= 15 is 0 Å². The second-order valence-corrected chi connectivity index (χ2v) is 7.23. The fourth-order valence-electron chi connectivity index (χ4n) is 3.74. The maximum atomic E-state index is 14.3. The lowest BCUT2D eigenvalue weighted by atomic mass is 10.0. The van der Waals surface area contributed by atoms with E-state index in [1.807, 2.05) is 24.3 Å². The van der Waals surface area contributed by atoms with Crippen LogP contribution in [0.15, 0.2) is 55.0 Å². The molecule has 1 aliphatic rings. The molecule has 3 N–H and O–H groups in total. The monoisotopic (exact) mass is 404 g/mol. The third-order valence-electron chi connectivity index (χ3n) is 5.30. The van der Waals surface area contributed by atoms with E-state index < -0.39 is 6.04 Å². The summed E-state index contributed by atoms with van der Waals surface area (Å²) in [7, 11) is 0. The van der Waals surface area contributed by atoms with Crippen molar-refractivity contribution in [2.45, 2.75) is 6.04 Å². The van der Waals surface area contributed by atoms with Crippen LogP contribution in [0.2, 0.25) is 0 Å². The molecule has 1 unspecified atom stereocenters. The number of benzene rings is 1. The maximum absolute atomic E-state index is 14.3. The molecule has 4 heterocycles. The minimum atomic E-state index is -0.547. The number of nitrogens with zero attached hydrogens (tertiary/aromatic N) is 4. The number of ether oxygens (including phenoxy) is 1. The lowest BCUT2D eigenvalue weighted by Crippen LogP contribution is -2.37. The van der Waals surface area contributed by atoms with E-state index in [1.54, 1.807) is 18.6 Å². The van der Waals surface area contributed by atoms with E-state index in [-0.39, 0.29) is 5.82 Å². The number of rotatable bonds is 4. The summed E-state index contributed by atoms with van der Waals surface area (Å²) in [5.74, 6) is 0.894. The Bertz CT molecular complexity index is 1170. The quantitative estimate of drug-likeness (QED) is 0.543. The number of aromatic nitrogens is 4. The lowest BCUT2D eigenvalue weighted by Gasteiger charge is -2.28. The molecule has 1 atom stereocenters. The number of anilines is 1. The highest BCUT2D eigenvalue weighted by Crippen LogP contribution is 2.31. The number of halogens is 1. The van der Waals surface area contributed by atoms with Crippen LogP contribution in [0.1, 0.15) is 17.4 Å². The van der Waals surface area contributed by atoms with E-state index in [9.17, 15) is 4.39 Å². The van der Waals surface area contributed by atoms with Crippen molar-refractivity contribution in [1.82, 2.24) is 19.9 Å². The highest BCUT2D eigenvalue weighted by Gasteiger charge is 2.20. The molecule has 0 aliphatic carbocycles. The highest BCUT2D eigenvalue weighted by atomic mass is 19.1. The lowest BCUT2D eigenvalue weighted by molar-refractivity contribution is 0.122. The summed E-state index contributed by atoms with van der Waals surface area (Å²) in [4.78, 5) is 18.9. The van der Waals surface area contributed by atoms with Crippen molar-refractivity contribution in [3.8, 4) is 11.3 Å². The molecule has 8 heteroatoms. The van der Waals surface area contributed by atoms with E-state index in [0.29, 0.717) is 30.3 Å². The van der Waals surface area contributed by atoms with Gasteiger partial charge in [0, 0.05) is 54.2 Å². The second kappa shape index (κ2) is 7.81. The first-order valence-corrected chi connectivity index (χ1v) is 9.83. The van der Waals surface area contributed by atoms with Crippen LogP contribution in [0, 0.1) is 5.82 Å². The minimum Gasteiger partial charge on any atom is -0.378 e. The third-order valence-corrected chi connectivity index (χ3v) is 5.30. The van der Waals surface area contributed by atoms with Crippen molar-refractivity contribution in [2.75, 3.05) is 31.2 Å². The molecule has 5 rings (SSSR count). The number of hydrogen-bond donors (Lipinski definition) is 2. The van der Waals surface area contributed by atoms with Crippen LogP contribution < -0.4 is 10.6 Å². The van der Waals surface area contributed by atoms with Crippen molar-refractivity contribution < 1.29 is 9.13 Å². The summed E-state index contributed by atoms with van der Waals surface area (Å²) >= 11 is 0. The topological polar surface area (TPSA) is 93.0 Å². The fourth-order valence-corrected chi connectivity index (χ4v) is 3.74. The first-order chi connectivity index (χ1) is 14.7. The van der Waals surface area contributed by atoms with Crippen LogP contribution in [-0.4, -0.2) is 46.2 Å². The zero-order valence-electron chi connectivity index (χ0n) is 16.3. The Morgan fingerprint density at radius 1 is 1.13 bits per heavy atom. The van der Waals surface area contributed by atoms with Gasteiger partial charge in [0.15, 0.2) is 5.82 Å². The molecule has 0 spiro atoms. The highest BCUT2D eigenvalue weighted by molar-refractivity contribution is 5.94. The molecular formula is C22H21FN6O. The standard InChI is InChI=1S/C22H21FN6O/c23-15-10-17(16-3-5-26-18(16)11-15)19-12-20(29-6-8-30-9-7-29)28-22(27-19)21(24)14-2-1-4-25-13-14/h1-5,10-13,21,26H,6-9,24H2. The first-order valence-electron chi connectivity index (χ1n) is 9.83. The zero-order chi connectivity index (χ0) is 20.5. The second-order valence-electron chi connectivity index (χ2n) is 7.23. The van der Waals surface area contributed by atoms with Gasteiger partial charge in [-0.3, -0.25) is 4.98 Å². The van der Waals surface area contributed by atoms with Gasteiger partial charge in [0.25, 0.3) is 0 Å². The molecule has 30 heavy (non-hydrogen) atoms. The molecule has 152 valence electrons. The zero-order valence-corrected chi connectivity index (χ0v) is 16.3. The number of morpholine rings is 1. The van der Waals surface area contributed by atoms with Gasteiger partial charge in [-0.1, -0.05) is 6.07 Å². The van der Waals surface area contributed by atoms with Gasteiger partial charge in [0.2, 0.25) is 0 Å². The third kappa shape index (κ3) is 3.51. The van der Waals surface area contributed by atoms with Crippen LogP contribution >= 0.6 is 0 Å². The number of nitrogens with two attached hydrogens (primary N) is 1. The molecule has 0 bridgehead atoms. The van der Waals surface area contributed by atoms with Gasteiger partial charge in [-0.2, -0.15) is 0 Å². The summed E-state index contributed by atoms with van der Waals surface area (Å²) in [6.07, 6.45) is 5.20. The number of pyridine rings is 1. The van der Waals surface area contributed by atoms with Crippen LogP contribution in [0.5, 0.6) is 0 Å². The van der Waals surface area contributed by atoms with Gasteiger partial charge in [0.1, 0.15) is 11.6 Å². The average molecular weight is 404 g/mol. The molecule has 1 aliphatic heterocycles. The van der Waals surface area contributed by atoms with Gasteiger partial charge in [0.05, 0.1) is 24.9 Å². The van der Waals surface area contributed by atoms with Gasteiger partial charge in [-0.25, -0.2) is 14.4 Å². The van der Waals surface area contributed by atoms with Crippen molar-refractivity contribution in [3.05, 3.63) is 72.2 Å². The van der Waals surface area contributed by atoms with Gasteiger partial charge >= 0.3 is 0 Å². The predicted molar refractivity (Wildman–Crippen MR) is 113 cm³/mol. The molecule has 1 aromatic carbocycles. The molecule has 1 saturated heterocycles. The molecule has 3 aromatic heterocycles. The number of hydrogen-bond acceptors (Lipinski definition) is 6. The van der Waals surface area contributed by atoms with Crippen molar-refractivity contribution in [3.63, 3.8) is 0 Å². The molecule has 1 fully saturated rings. The molecule has 0 radical (unpaired) electrons. The Morgan fingerprint density at radius 3 is 2.80 bits per heavy atom. The molecular weight excluding hydrogens is 383 g/mol. The van der Waals surface area contributed by atoms with E-state index in [1.165, 1.54) is 12.1 Å². The van der Waals surface area contributed by atoms with Gasteiger partial charge < -0.3 is 20.4 Å². The fraction of sp³-hybridized carbons (Fsp3) is 0.227. The van der Waals surface area contributed by atoms with E-state index in [0.717, 1.165) is 35.4 Å². The summed E-state index contributed by atoms with van der Waals surface area (Å²) < 4.78 is 19.8. The van der Waals surface area contributed by atoms with Gasteiger partial charge in [-0.05, 0) is 29.8 Å². The van der Waals surface area contributed by atoms with Crippen molar-refractivity contribution >= 4 is 16.7 Å². The van der Waals surface area contributed by atoms with E-state index in [2.05, 4.69) is 14.9 Å². The Labute approximate surface area is 172 Å². The SMILES string of the molecule is NC(c1cccnc1)c1nc(-c2cc(F)cc3[nH]ccc23)cc(N2CCOCC2)n1. The molecule has 0 saturated carbocycles.